The molecule has 1 aliphatic heterocycles. The number of aryl methyl sites for hydroxylation is 1. The molecule has 0 bridgehead atoms. The van der Waals surface area contributed by atoms with Crippen LogP contribution in [0.2, 0.25) is 0 Å². The minimum atomic E-state index is -0.876. The Labute approximate surface area is 171 Å². The molecule has 6 nitrogen and oxygen atoms in total. The van der Waals surface area contributed by atoms with E-state index in [4.69, 9.17) is 5.11 Å². The molecule has 152 valence electrons. The Kier molecular flexibility index (Phi) is 7.86. The van der Waals surface area contributed by atoms with Crippen LogP contribution in [0.3, 0.4) is 0 Å². The molecule has 1 fully saturated rings. The van der Waals surface area contributed by atoms with Gasteiger partial charge in [0.05, 0.1) is 12.7 Å². The monoisotopic (exact) mass is 428 g/mol. The smallest absolute Gasteiger partial charge is 0.190 e. The van der Waals surface area contributed by atoms with Gasteiger partial charge in [-0.05, 0) is 25.3 Å². The van der Waals surface area contributed by atoms with Gasteiger partial charge in [-0.25, -0.2) is 23.1 Å². The van der Waals surface area contributed by atoms with E-state index in [0.29, 0.717) is 29.5 Å². The molecule has 10 heteroatoms. The fourth-order valence-electron chi connectivity index (χ4n) is 2.42. The first-order chi connectivity index (χ1) is 13.5. The molecule has 1 saturated heterocycles. The third-order valence-corrected chi connectivity index (χ3v) is 6.01. The predicted octanol–water partition coefficient (Wildman–Crippen LogP) is 3.01. The molecule has 0 saturated carbocycles. The standard InChI is InChI=1S/C18H22F2N4O2S2/c19-15-4-1-3-12(17(15)20)11-27-18-21-13(5-6-14(26)10-25)9-16(22-18)23-28-24-7-2-8-24/h1,3-4,9,14,25-26H,2,5-8,10-11H2,(H,21,22,23). The first-order valence-electron chi connectivity index (χ1n) is 8.95. The number of rotatable bonds is 10. The zero-order valence-electron chi connectivity index (χ0n) is 15.1. The summed E-state index contributed by atoms with van der Waals surface area (Å²) in [7, 11) is 0. The number of aliphatic hydroxyl groups is 2. The molecule has 28 heavy (non-hydrogen) atoms. The second-order valence-corrected chi connectivity index (χ2v) is 8.23. The minimum Gasteiger partial charge on any atom is -0.394 e. The highest BCUT2D eigenvalue weighted by Crippen LogP contribution is 2.26. The molecule has 1 atom stereocenters. The molecule has 3 rings (SSSR count). The van der Waals surface area contributed by atoms with Crippen molar-refractivity contribution in [3.63, 3.8) is 0 Å². The van der Waals surface area contributed by atoms with Crippen molar-refractivity contribution in [2.24, 2.45) is 0 Å². The van der Waals surface area contributed by atoms with E-state index in [-0.39, 0.29) is 17.9 Å². The maximum absolute atomic E-state index is 13.9. The van der Waals surface area contributed by atoms with Gasteiger partial charge >= 0.3 is 0 Å². The number of nitrogens with zero attached hydrogens (tertiary/aromatic N) is 3. The Bertz CT molecular complexity index is 769. The van der Waals surface area contributed by atoms with Crippen LogP contribution in [0.15, 0.2) is 29.4 Å². The number of halogens is 2. The second-order valence-electron chi connectivity index (χ2n) is 6.38. The van der Waals surface area contributed by atoms with Crippen LogP contribution in [0.1, 0.15) is 24.1 Å². The minimum absolute atomic E-state index is 0.199. The quantitative estimate of drug-likeness (QED) is 0.303. The molecular weight excluding hydrogens is 406 g/mol. The lowest BCUT2D eigenvalue weighted by Gasteiger charge is -2.28. The molecule has 0 radical (unpaired) electrons. The van der Waals surface area contributed by atoms with Crippen LogP contribution in [-0.4, -0.2) is 50.3 Å². The SMILES string of the molecule is OCC(O)CCc1cc(NSN2CCC2)nc(SCc2cccc(F)c2F)n1. The molecular formula is C18H22F2N4O2S2. The number of anilines is 1. The summed E-state index contributed by atoms with van der Waals surface area (Å²) in [6.45, 7) is 1.72. The molecule has 3 N–H and O–H groups in total. The van der Waals surface area contributed by atoms with Crippen LogP contribution >= 0.6 is 23.9 Å². The Morgan fingerprint density at radius 3 is 2.79 bits per heavy atom. The summed E-state index contributed by atoms with van der Waals surface area (Å²) in [6.07, 6.45) is 1.20. The number of thioether (sulfide) groups is 1. The number of hydrogen-bond acceptors (Lipinski definition) is 8. The molecule has 0 amide bonds. The van der Waals surface area contributed by atoms with Gasteiger partial charge in [0.15, 0.2) is 16.8 Å². The fraction of sp³-hybridized carbons (Fsp3) is 0.444. The predicted molar refractivity (Wildman–Crippen MR) is 107 cm³/mol. The molecule has 1 aromatic carbocycles. The second kappa shape index (κ2) is 10.4. The zero-order valence-corrected chi connectivity index (χ0v) is 16.8. The number of aliphatic hydroxyl groups excluding tert-OH is 2. The first-order valence-corrected chi connectivity index (χ1v) is 10.7. The Balaban J connectivity index is 1.70. The van der Waals surface area contributed by atoms with Gasteiger partial charge in [0.1, 0.15) is 5.82 Å². The molecule has 0 aliphatic carbocycles. The Morgan fingerprint density at radius 2 is 2.07 bits per heavy atom. The highest BCUT2D eigenvalue weighted by molar-refractivity contribution is 7.98. The van der Waals surface area contributed by atoms with Crippen LogP contribution in [-0.2, 0) is 12.2 Å². The Hall–Kier alpha value is -1.46. The van der Waals surface area contributed by atoms with Crippen molar-refractivity contribution in [2.75, 3.05) is 24.4 Å². The normalized spacial score (nSPS) is 15.3. The average molecular weight is 429 g/mol. The molecule has 0 spiro atoms. The molecule has 2 heterocycles. The van der Waals surface area contributed by atoms with Crippen LogP contribution in [0, 0.1) is 11.6 Å². The summed E-state index contributed by atoms with van der Waals surface area (Å²) in [4.78, 5) is 8.89. The van der Waals surface area contributed by atoms with Gasteiger partial charge in [-0.3, -0.25) is 0 Å². The van der Waals surface area contributed by atoms with Crippen molar-refractivity contribution in [1.29, 1.82) is 0 Å². The highest BCUT2D eigenvalue weighted by atomic mass is 32.2. The topological polar surface area (TPSA) is 81.5 Å². The van der Waals surface area contributed by atoms with Crippen LogP contribution in [0.5, 0.6) is 0 Å². The number of hydrogen-bond donors (Lipinski definition) is 3. The van der Waals surface area contributed by atoms with Gasteiger partial charge in [0.25, 0.3) is 0 Å². The van der Waals surface area contributed by atoms with E-state index in [1.165, 1.54) is 42.4 Å². The van der Waals surface area contributed by atoms with E-state index in [0.717, 1.165) is 19.2 Å². The number of benzene rings is 1. The summed E-state index contributed by atoms with van der Waals surface area (Å²) >= 11 is 2.68. The van der Waals surface area contributed by atoms with Crippen LogP contribution in [0.4, 0.5) is 14.6 Å². The van der Waals surface area contributed by atoms with Crippen molar-refractivity contribution in [3.05, 3.63) is 47.2 Å². The lowest BCUT2D eigenvalue weighted by Crippen LogP contribution is -2.31. The number of aromatic nitrogens is 2. The molecule has 2 aromatic rings. The van der Waals surface area contributed by atoms with Crippen molar-refractivity contribution >= 4 is 29.7 Å². The molecule has 1 aromatic heterocycles. The molecule has 1 aliphatic rings. The first kappa shape index (κ1) is 21.3. The third kappa shape index (κ3) is 6.02. The summed E-state index contributed by atoms with van der Waals surface area (Å²) in [5.41, 5.74) is 0.954. The largest absolute Gasteiger partial charge is 0.394 e. The van der Waals surface area contributed by atoms with E-state index in [1.807, 2.05) is 0 Å². The summed E-state index contributed by atoms with van der Waals surface area (Å²) in [5.74, 6) is -0.920. The lowest BCUT2D eigenvalue weighted by atomic mass is 10.1. The van der Waals surface area contributed by atoms with Crippen LogP contribution < -0.4 is 4.72 Å². The van der Waals surface area contributed by atoms with Gasteiger partial charge < -0.3 is 14.9 Å². The van der Waals surface area contributed by atoms with Crippen molar-refractivity contribution in [1.82, 2.24) is 14.3 Å². The van der Waals surface area contributed by atoms with Crippen molar-refractivity contribution in [3.8, 4) is 0 Å². The summed E-state index contributed by atoms with van der Waals surface area (Å²) < 4.78 is 32.6. The van der Waals surface area contributed by atoms with E-state index in [2.05, 4.69) is 19.0 Å². The zero-order chi connectivity index (χ0) is 19.9. The van der Waals surface area contributed by atoms with Crippen LogP contribution in [0.25, 0.3) is 0 Å². The van der Waals surface area contributed by atoms with Crippen molar-refractivity contribution in [2.45, 2.75) is 36.3 Å². The van der Waals surface area contributed by atoms with E-state index in [1.54, 1.807) is 6.07 Å². The van der Waals surface area contributed by atoms with E-state index >= 15 is 0 Å². The summed E-state index contributed by atoms with van der Waals surface area (Å²) in [5, 5.41) is 19.0. The van der Waals surface area contributed by atoms with Gasteiger partial charge in [0, 0.05) is 48.3 Å². The van der Waals surface area contributed by atoms with Gasteiger partial charge in [-0.15, -0.1) is 0 Å². The highest BCUT2D eigenvalue weighted by Gasteiger charge is 2.16. The average Bonchev–Trinajstić information content (AvgIpc) is 2.66. The van der Waals surface area contributed by atoms with Gasteiger partial charge in [0.2, 0.25) is 0 Å². The van der Waals surface area contributed by atoms with Gasteiger partial charge in [-0.2, -0.15) is 0 Å². The molecule has 1 unspecified atom stereocenters. The van der Waals surface area contributed by atoms with E-state index < -0.39 is 17.7 Å². The third-order valence-electron chi connectivity index (χ3n) is 4.19. The maximum atomic E-state index is 13.9. The lowest BCUT2D eigenvalue weighted by molar-refractivity contribution is 0.0883. The van der Waals surface area contributed by atoms with Crippen molar-refractivity contribution < 1.29 is 19.0 Å². The Morgan fingerprint density at radius 1 is 1.25 bits per heavy atom. The van der Waals surface area contributed by atoms with E-state index in [9.17, 15) is 13.9 Å². The maximum Gasteiger partial charge on any atom is 0.190 e. The number of nitrogens with one attached hydrogen (secondary N) is 1. The van der Waals surface area contributed by atoms with Gasteiger partial charge in [-0.1, -0.05) is 23.9 Å². The fourth-order valence-corrected chi connectivity index (χ4v) is 4.04. The summed E-state index contributed by atoms with van der Waals surface area (Å²) in [6, 6.07) is 5.89.